The molecule has 0 bridgehead atoms. The lowest BCUT2D eigenvalue weighted by atomic mass is 10.3. The van der Waals surface area contributed by atoms with Gasteiger partial charge in [-0.1, -0.05) is 0 Å². The smallest absolute Gasteiger partial charge is 0.308 e. The predicted molar refractivity (Wildman–Crippen MR) is 81.1 cm³/mol. The number of hydrogen-bond donors (Lipinski definition) is 2. The van der Waals surface area contributed by atoms with Gasteiger partial charge < -0.3 is 5.11 Å². The van der Waals surface area contributed by atoms with Crippen LogP contribution in [0.3, 0.4) is 0 Å². The number of rotatable bonds is 8. The Labute approximate surface area is 128 Å². The van der Waals surface area contributed by atoms with Crippen LogP contribution in [0, 0.1) is 0 Å². The molecule has 1 saturated carbocycles. The molecular weight excluding hydrogens is 312 g/mol. The van der Waals surface area contributed by atoms with Gasteiger partial charge in [-0.15, -0.1) is 11.3 Å². The van der Waals surface area contributed by atoms with Crippen LogP contribution in [-0.2, 0) is 21.2 Å². The number of carbonyl (C=O) groups is 1. The third-order valence-corrected chi connectivity index (χ3v) is 6.61. The zero-order valence-corrected chi connectivity index (χ0v) is 13.7. The highest BCUT2D eigenvalue weighted by Crippen LogP contribution is 2.27. The van der Waals surface area contributed by atoms with E-state index in [4.69, 9.17) is 5.11 Å². The van der Waals surface area contributed by atoms with Crippen LogP contribution >= 0.6 is 11.3 Å². The predicted octanol–water partition coefficient (Wildman–Crippen LogP) is 1.14. The maximum atomic E-state index is 12.2. The lowest BCUT2D eigenvalue weighted by Gasteiger charge is -2.24. The van der Waals surface area contributed by atoms with Gasteiger partial charge in [0.1, 0.15) is 4.21 Å². The van der Waals surface area contributed by atoms with Gasteiger partial charge in [-0.25, -0.2) is 13.1 Å². The van der Waals surface area contributed by atoms with Gasteiger partial charge in [0.05, 0.1) is 6.42 Å². The number of likely N-dealkylation sites (N-methyl/N-ethyl adjacent to an activating group) is 1. The molecule has 1 aromatic rings. The third kappa shape index (κ3) is 4.50. The van der Waals surface area contributed by atoms with Crippen LogP contribution in [0.4, 0.5) is 0 Å². The molecule has 118 valence electrons. The first kappa shape index (κ1) is 16.4. The molecule has 0 saturated heterocycles. The van der Waals surface area contributed by atoms with Crippen molar-refractivity contribution in [3.05, 3.63) is 17.0 Å². The Morgan fingerprint density at radius 3 is 2.76 bits per heavy atom. The average molecular weight is 332 g/mol. The molecule has 8 heteroatoms. The highest BCUT2D eigenvalue weighted by molar-refractivity contribution is 7.91. The van der Waals surface area contributed by atoms with Crippen LogP contribution in [0.1, 0.15) is 24.6 Å². The minimum absolute atomic E-state index is 0.130. The average Bonchev–Trinajstić information content (AvgIpc) is 3.14. The Morgan fingerprint density at radius 2 is 2.19 bits per heavy atom. The summed E-state index contributed by atoms with van der Waals surface area (Å²) in [5.74, 6) is -0.964. The molecule has 6 nitrogen and oxygen atoms in total. The molecule has 1 fully saturated rings. The Kier molecular flexibility index (Phi) is 5.03. The second kappa shape index (κ2) is 6.43. The first-order valence-corrected chi connectivity index (χ1v) is 9.11. The summed E-state index contributed by atoms with van der Waals surface area (Å²) in [5, 5.41) is 8.71. The number of thiophene rings is 1. The number of sulfonamides is 1. The van der Waals surface area contributed by atoms with Crippen molar-refractivity contribution in [3.8, 4) is 0 Å². The summed E-state index contributed by atoms with van der Waals surface area (Å²) >= 11 is 1.00. The fraction of sp³-hybridized carbons (Fsp3) is 0.615. The molecule has 0 radical (unpaired) electrons. The van der Waals surface area contributed by atoms with Crippen molar-refractivity contribution in [1.82, 2.24) is 9.62 Å². The number of hydrogen-bond acceptors (Lipinski definition) is 5. The van der Waals surface area contributed by atoms with Crippen LogP contribution in [-0.4, -0.2) is 50.1 Å². The molecule has 1 aliphatic rings. The van der Waals surface area contributed by atoms with Crippen molar-refractivity contribution < 1.29 is 18.3 Å². The van der Waals surface area contributed by atoms with Crippen molar-refractivity contribution in [2.75, 3.05) is 13.6 Å². The van der Waals surface area contributed by atoms with Gasteiger partial charge in [0, 0.05) is 23.5 Å². The standard InChI is InChI=1S/C13H20N2O4S2/c1-9(15(2)10-3-4-10)8-14-21(18,19)13-6-5-11(20-13)7-12(16)17/h5-6,9-10,14H,3-4,7-8H2,1-2H3,(H,16,17). The lowest BCUT2D eigenvalue weighted by molar-refractivity contribution is -0.136. The van der Waals surface area contributed by atoms with Crippen LogP contribution in [0.15, 0.2) is 16.3 Å². The first-order valence-electron chi connectivity index (χ1n) is 6.81. The van der Waals surface area contributed by atoms with Crippen LogP contribution in [0.2, 0.25) is 0 Å². The largest absolute Gasteiger partial charge is 0.481 e. The zero-order chi connectivity index (χ0) is 15.6. The van der Waals surface area contributed by atoms with Gasteiger partial charge >= 0.3 is 5.97 Å². The molecule has 2 N–H and O–H groups in total. The summed E-state index contributed by atoms with van der Waals surface area (Å²) in [5.41, 5.74) is 0. The minimum atomic E-state index is -3.56. The van der Waals surface area contributed by atoms with E-state index < -0.39 is 16.0 Å². The molecule has 2 rings (SSSR count). The van der Waals surface area contributed by atoms with Gasteiger partial charge in [0.15, 0.2) is 0 Å². The normalized spacial score (nSPS) is 17.1. The molecule has 1 aromatic heterocycles. The first-order chi connectivity index (χ1) is 9.79. The quantitative estimate of drug-likeness (QED) is 0.745. The maximum absolute atomic E-state index is 12.2. The maximum Gasteiger partial charge on any atom is 0.308 e. The van der Waals surface area contributed by atoms with Crippen LogP contribution < -0.4 is 4.72 Å². The lowest BCUT2D eigenvalue weighted by Crippen LogP contribution is -2.40. The number of aliphatic carboxylic acids is 1. The van der Waals surface area contributed by atoms with E-state index in [0.29, 0.717) is 17.5 Å². The van der Waals surface area contributed by atoms with Crippen molar-refractivity contribution in [3.63, 3.8) is 0 Å². The van der Waals surface area contributed by atoms with E-state index in [0.717, 1.165) is 11.3 Å². The highest BCUT2D eigenvalue weighted by atomic mass is 32.2. The van der Waals surface area contributed by atoms with E-state index in [1.807, 2.05) is 14.0 Å². The van der Waals surface area contributed by atoms with E-state index in [1.54, 1.807) is 6.07 Å². The van der Waals surface area contributed by atoms with Crippen molar-refractivity contribution in [1.29, 1.82) is 0 Å². The molecule has 0 aromatic carbocycles. The van der Waals surface area contributed by atoms with Gasteiger partial charge in [0.2, 0.25) is 10.0 Å². The summed E-state index contributed by atoms with van der Waals surface area (Å²) in [6, 6.07) is 3.72. The molecule has 1 atom stereocenters. The fourth-order valence-electron chi connectivity index (χ4n) is 2.03. The molecule has 21 heavy (non-hydrogen) atoms. The molecule has 1 heterocycles. The van der Waals surface area contributed by atoms with E-state index >= 15 is 0 Å². The number of nitrogens with zero attached hydrogens (tertiary/aromatic N) is 1. The van der Waals surface area contributed by atoms with Crippen molar-refractivity contribution in [2.45, 2.75) is 42.5 Å². The van der Waals surface area contributed by atoms with Gasteiger partial charge in [-0.2, -0.15) is 0 Å². The fourth-order valence-corrected chi connectivity index (χ4v) is 4.55. The summed E-state index contributed by atoms with van der Waals surface area (Å²) < 4.78 is 27.1. The van der Waals surface area contributed by atoms with Crippen molar-refractivity contribution >= 4 is 27.3 Å². The molecular formula is C13H20N2O4S2. The summed E-state index contributed by atoms with van der Waals surface area (Å²) in [4.78, 5) is 13.3. The Balaban J connectivity index is 1.94. The third-order valence-electron chi connectivity index (χ3n) is 3.61. The molecule has 0 spiro atoms. The van der Waals surface area contributed by atoms with Gasteiger partial charge in [0.25, 0.3) is 0 Å². The Morgan fingerprint density at radius 1 is 1.52 bits per heavy atom. The van der Waals surface area contributed by atoms with Gasteiger partial charge in [-0.05, 0) is 38.9 Å². The highest BCUT2D eigenvalue weighted by Gasteiger charge is 2.29. The zero-order valence-electron chi connectivity index (χ0n) is 12.1. The summed E-state index contributed by atoms with van der Waals surface area (Å²) in [6.45, 7) is 2.34. The van der Waals surface area contributed by atoms with Gasteiger partial charge in [-0.3, -0.25) is 9.69 Å². The topological polar surface area (TPSA) is 86.7 Å². The Hall–Kier alpha value is -0.960. The number of carboxylic acid groups (broad SMARTS) is 1. The molecule has 0 amide bonds. The van der Waals surface area contributed by atoms with E-state index in [-0.39, 0.29) is 16.7 Å². The second-order valence-electron chi connectivity index (χ2n) is 5.39. The van der Waals surface area contributed by atoms with Crippen molar-refractivity contribution in [2.24, 2.45) is 0 Å². The minimum Gasteiger partial charge on any atom is -0.481 e. The molecule has 1 unspecified atom stereocenters. The molecule has 1 aliphatic carbocycles. The monoisotopic (exact) mass is 332 g/mol. The summed E-state index contributed by atoms with van der Waals surface area (Å²) in [7, 11) is -1.55. The SMILES string of the molecule is CC(CNS(=O)(=O)c1ccc(CC(=O)O)s1)N(C)C1CC1. The van der Waals surface area contributed by atoms with E-state index in [9.17, 15) is 13.2 Å². The number of nitrogens with one attached hydrogen (secondary N) is 1. The molecule has 0 aliphatic heterocycles. The Bertz CT molecular complexity index is 607. The van der Waals surface area contributed by atoms with Crippen LogP contribution in [0.25, 0.3) is 0 Å². The van der Waals surface area contributed by atoms with E-state index in [2.05, 4.69) is 9.62 Å². The van der Waals surface area contributed by atoms with Crippen LogP contribution in [0.5, 0.6) is 0 Å². The second-order valence-corrected chi connectivity index (χ2v) is 8.55. The van der Waals surface area contributed by atoms with E-state index in [1.165, 1.54) is 18.9 Å². The summed E-state index contributed by atoms with van der Waals surface area (Å²) in [6.07, 6.45) is 2.20. The number of carboxylic acids is 1.